The van der Waals surface area contributed by atoms with Gasteiger partial charge in [0.25, 0.3) is 0 Å². The van der Waals surface area contributed by atoms with Crippen molar-refractivity contribution >= 4 is 0 Å². The summed E-state index contributed by atoms with van der Waals surface area (Å²) in [6, 6.07) is 4.98. The van der Waals surface area contributed by atoms with Gasteiger partial charge < -0.3 is 0 Å². The SMILES string of the molecule is CN1CCC2Cc3ncccc3C21. The number of fused-ring (bicyclic) bond motifs is 3. The van der Waals surface area contributed by atoms with E-state index in [0.717, 1.165) is 5.92 Å². The summed E-state index contributed by atoms with van der Waals surface area (Å²) in [5.41, 5.74) is 2.82. The summed E-state index contributed by atoms with van der Waals surface area (Å²) in [5.74, 6) is 0.842. The van der Waals surface area contributed by atoms with Gasteiger partial charge in [-0.2, -0.15) is 0 Å². The van der Waals surface area contributed by atoms with Crippen molar-refractivity contribution in [2.75, 3.05) is 13.6 Å². The van der Waals surface area contributed by atoms with Crippen LogP contribution in [0.5, 0.6) is 0 Å². The summed E-state index contributed by atoms with van der Waals surface area (Å²) in [6.45, 7) is 1.25. The highest BCUT2D eigenvalue weighted by Crippen LogP contribution is 2.44. The molecule has 0 saturated carbocycles. The molecule has 1 saturated heterocycles. The molecule has 1 aromatic heterocycles. The van der Waals surface area contributed by atoms with Crippen LogP contribution in [0.1, 0.15) is 23.7 Å². The summed E-state index contributed by atoms with van der Waals surface area (Å²) < 4.78 is 0. The average molecular weight is 174 g/mol. The highest BCUT2D eigenvalue weighted by Gasteiger charge is 2.39. The fourth-order valence-electron chi connectivity index (χ4n) is 2.87. The zero-order chi connectivity index (χ0) is 8.84. The number of rotatable bonds is 0. The summed E-state index contributed by atoms with van der Waals surface area (Å²) in [6.07, 6.45) is 4.46. The van der Waals surface area contributed by atoms with Crippen molar-refractivity contribution in [3.63, 3.8) is 0 Å². The molecule has 2 heteroatoms. The van der Waals surface area contributed by atoms with Gasteiger partial charge in [-0.05, 0) is 44.0 Å². The van der Waals surface area contributed by atoms with Crippen LogP contribution in [0.25, 0.3) is 0 Å². The highest BCUT2D eigenvalue weighted by atomic mass is 15.2. The molecule has 0 bridgehead atoms. The molecule has 2 unspecified atom stereocenters. The maximum atomic E-state index is 4.45. The molecule has 0 amide bonds. The van der Waals surface area contributed by atoms with Gasteiger partial charge in [-0.1, -0.05) is 6.07 Å². The Morgan fingerprint density at radius 1 is 1.54 bits per heavy atom. The third kappa shape index (κ3) is 0.953. The Morgan fingerprint density at radius 2 is 2.46 bits per heavy atom. The predicted molar refractivity (Wildman–Crippen MR) is 51.4 cm³/mol. The van der Waals surface area contributed by atoms with Crippen molar-refractivity contribution < 1.29 is 0 Å². The molecule has 1 fully saturated rings. The topological polar surface area (TPSA) is 16.1 Å². The lowest BCUT2D eigenvalue weighted by Gasteiger charge is -2.18. The fraction of sp³-hybridized carbons (Fsp3) is 0.545. The normalized spacial score (nSPS) is 31.8. The molecule has 0 radical (unpaired) electrons. The third-order valence-electron chi connectivity index (χ3n) is 3.47. The van der Waals surface area contributed by atoms with Crippen molar-refractivity contribution in [3.05, 3.63) is 29.6 Å². The van der Waals surface area contributed by atoms with Crippen LogP contribution in [0.3, 0.4) is 0 Å². The van der Waals surface area contributed by atoms with E-state index < -0.39 is 0 Å². The first-order chi connectivity index (χ1) is 6.36. The first kappa shape index (κ1) is 7.51. The molecule has 68 valence electrons. The zero-order valence-electron chi connectivity index (χ0n) is 7.90. The number of hydrogen-bond donors (Lipinski definition) is 0. The highest BCUT2D eigenvalue weighted by molar-refractivity contribution is 5.31. The molecule has 3 rings (SSSR count). The van der Waals surface area contributed by atoms with E-state index in [1.165, 1.54) is 30.6 Å². The van der Waals surface area contributed by atoms with Gasteiger partial charge >= 0.3 is 0 Å². The zero-order valence-corrected chi connectivity index (χ0v) is 7.90. The van der Waals surface area contributed by atoms with Crippen LogP contribution in [0.15, 0.2) is 18.3 Å². The van der Waals surface area contributed by atoms with Gasteiger partial charge in [-0.25, -0.2) is 0 Å². The van der Waals surface area contributed by atoms with Crippen molar-refractivity contribution in [3.8, 4) is 0 Å². The van der Waals surface area contributed by atoms with Crippen molar-refractivity contribution in [1.82, 2.24) is 9.88 Å². The number of likely N-dealkylation sites (tertiary alicyclic amines) is 1. The van der Waals surface area contributed by atoms with Crippen LogP contribution in [0.2, 0.25) is 0 Å². The molecule has 13 heavy (non-hydrogen) atoms. The summed E-state index contributed by atoms with van der Waals surface area (Å²) in [4.78, 5) is 6.92. The Labute approximate surface area is 78.6 Å². The first-order valence-electron chi connectivity index (χ1n) is 5.00. The number of nitrogens with zero attached hydrogens (tertiary/aromatic N) is 2. The largest absolute Gasteiger partial charge is 0.299 e. The van der Waals surface area contributed by atoms with Crippen LogP contribution < -0.4 is 0 Å². The smallest absolute Gasteiger partial charge is 0.0455 e. The average Bonchev–Trinajstić information content (AvgIpc) is 2.66. The summed E-state index contributed by atoms with van der Waals surface area (Å²) in [7, 11) is 2.23. The predicted octanol–water partition coefficient (Wildman–Crippen LogP) is 1.63. The second-order valence-corrected chi connectivity index (χ2v) is 4.22. The van der Waals surface area contributed by atoms with E-state index in [1.807, 2.05) is 6.20 Å². The van der Waals surface area contributed by atoms with Crippen LogP contribution in [-0.2, 0) is 6.42 Å². The minimum Gasteiger partial charge on any atom is -0.299 e. The standard InChI is InChI=1S/C11H14N2/c1-13-6-4-8-7-10-9(11(8)13)3-2-5-12-10/h2-3,5,8,11H,4,6-7H2,1H3. The Bertz CT molecular complexity index is 335. The van der Waals surface area contributed by atoms with Crippen LogP contribution in [-0.4, -0.2) is 23.5 Å². The third-order valence-corrected chi connectivity index (χ3v) is 3.47. The van der Waals surface area contributed by atoms with Gasteiger partial charge in [-0.3, -0.25) is 9.88 Å². The summed E-state index contributed by atoms with van der Waals surface area (Å²) >= 11 is 0. The fourth-order valence-corrected chi connectivity index (χ4v) is 2.87. The van der Waals surface area contributed by atoms with E-state index in [4.69, 9.17) is 0 Å². The quantitative estimate of drug-likeness (QED) is 0.594. The van der Waals surface area contributed by atoms with Gasteiger partial charge in [0.1, 0.15) is 0 Å². The van der Waals surface area contributed by atoms with E-state index in [0.29, 0.717) is 6.04 Å². The molecule has 0 aromatic carbocycles. The maximum Gasteiger partial charge on any atom is 0.0455 e. The lowest BCUT2D eigenvalue weighted by atomic mass is 10.0. The molecule has 1 aliphatic carbocycles. The van der Waals surface area contributed by atoms with Gasteiger partial charge in [0.15, 0.2) is 0 Å². The van der Waals surface area contributed by atoms with Gasteiger partial charge in [-0.15, -0.1) is 0 Å². The van der Waals surface area contributed by atoms with Crippen molar-refractivity contribution in [1.29, 1.82) is 0 Å². The number of aromatic nitrogens is 1. The molecule has 1 aliphatic heterocycles. The number of pyridine rings is 1. The van der Waals surface area contributed by atoms with E-state index in [9.17, 15) is 0 Å². The minimum atomic E-state index is 0.670. The molecule has 0 N–H and O–H groups in total. The molecule has 2 nitrogen and oxygen atoms in total. The molecule has 1 aromatic rings. The Balaban J connectivity index is 2.08. The summed E-state index contributed by atoms with van der Waals surface area (Å²) in [5, 5.41) is 0. The van der Waals surface area contributed by atoms with Crippen LogP contribution in [0.4, 0.5) is 0 Å². The van der Waals surface area contributed by atoms with Crippen LogP contribution in [0, 0.1) is 5.92 Å². The first-order valence-corrected chi connectivity index (χ1v) is 5.00. The molecule has 2 atom stereocenters. The Kier molecular flexibility index (Phi) is 1.47. The molecule has 0 spiro atoms. The lowest BCUT2D eigenvalue weighted by Crippen LogP contribution is -2.18. The van der Waals surface area contributed by atoms with Crippen molar-refractivity contribution in [2.45, 2.75) is 18.9 Å². The van der Waals surface area contributed by atoms with Crippen LogP contribution >= 0.6 is 0 Å². The lowest BCUT2D eigenvalue weighted by molar-refractivity contribution is 0.292. The second-order valence-electron chi connectivity index (χ2n) is 4.22. The second kappa shape index (κ2) is 2.55. The van der Waals surface area contributed by atoms with Crippen molar-refractivity contribution in [2.24, 2.45) is 5.92 Å². The molecule has 2 aliphatic rings. The Hall–Kier alpha value is -0.890. The van der Waals surface area contributed by atoms with E-state index in [-0.39, 0.29) is 0 Å². The monoisotopic (exact) mass is 174 g/mol. The minimum absolute atomic E-state index is 0.670. The Morgan fingerprint density at radius 3 is 3.38 bits per heavy atom. The van der Waals surface area contributed by atoms with E-state index in [2.05, 4.69) is 29.1 Å². The van der Waals surface area contributed by atoms with Gasteiger partial charge in [0.05, 0.1) is 0 Å². The number of hydrogen-bond acceptors (Lipinski definition) is 2. The van der Waals surface area contributed by atoms with E-state index in [1.54, 1.807) is 0 Å². The maximum absolute atomic E-state index is 4.45. The molecular formula is C11H14N2. The van der Waals surface area contributed by atoms with Gasteiger partial charge in [0.2, 0.25) is 0 Å². The molecule has 2 heterocycles. The van der Waals surface area contributed by atoms with Gasteiger partial charge in [0, 0.05) is 17.9 Å². The van der Waals surface area contributed by atoms with E-state index >= 15 is 0 Å². The molecular weight excluding hydrogens is 160 g/mol.